The summed E-state index contributed by atoms with van der Waals surface area (Å²) in [7, 11) is 0. The van der Waals surface area contributed by atoms with E-state index < -0.39 is 0 Å². The molecule has 1 aromatic carbocycles. The minimum atomic E-state index is -0.286. The molecule has 5 nitrogen and oxygen atoms in total. The molecule has 5 heteroatoms. The maximum absolute atomic E-state index is 13.1. The van der Waals surface area contributed by atoms with E-state index in [1.165, 1.54) is 5.56 Å². The summed E-state index contributed by atoms with van der Waals surface area (Å²) >= 11 is 0. The molecule has 1 aromatic heterocycles. The van der Waals surface area contributed by atoms with E-state index in [1.807, 2.05) is 18.2 Å². The molecule has 144 valence electrons. The molecule has 2 aliphatic carbocycles. The first-order chi connectivity index (χ1) is 13.6. The lowest BCUT2D eigenvalue weighted by Crippen LogP contribution is -2.33. The number of aryl methyl sites for hydroxylation is 1. The molecule has 1 atom stereocenters. The van der Waals surface area contributed by atoms with Gasteiger partial charge in [-0.25, -0.2) is 4.98 Å². The van der Waals surface area contributed by atoms with Crippen molar-refractivity contribution in [3.8, 4) is 11.3 Å². The summed E-state index contributed by atoms with van der Waals surface area (Å²) < 4.78 is 11.1. The predicted molar refractivity (Wildman–Crippen MR) is 106 cm³/mol. The highest BCUT2D eigenvalue weighted by Crippen LogP contribution is 2.58. The van der Waals surface area contributed by atoms with E-state index in [0.29, 0.717) is 18.5 Å². The van der Waals surface area contributed by atoms with Crippen LogP contribution in [0.2, 0.25) is 0 Å². The first-order valence-corrected chi connectivity index (χ1v) is 9.97. The lowest BCUT2D eigenvalue weighted by molar-refractivity contribution is -0.123. The number of pyridine rings is 1. The van der Waals surface area contributed by atoms with Crippen molar-refractivity contribution in [1.29, 1.82) is 0 Å². The molecule has 0 spiro atoms. The predicted octanol–water partition coefficient (Wildman–Crippen LogP) is 4.79. The minimum absolute atomic E-state index is 0.0917. The van der Waals surface area contributed by atoms with E-state index in [4.69, 9.17) is 9.47 Å². The number of nitrogens with zero attached hydrogens (tertiary/aromatic N) is 1. The van der Waals surface area contributed by atoms with Crippen LogP contribution in [0.15, 0.2) is 54.0 Å². The number of carbonyl (C=O) groups is 1. The van der Waals surface area contributed by atoms with Crippen LogP contribution in [0.25, 0.3) is 11.3 Å². The smallest absolute Gasteiger partial charge is 0.232 e. The zero-order chi connectivity index (χ0) is 19.1. The van der Waals surface area contributed by atoms with Crippen molar-refractivity contribution in [2.45, 2.75) is 39.0 Å². The maximum Gasteiger partial charge on any atom is 0.232 e. The van der Waals surface area contributed by atoms with Gasteiger partial charge >= 0.3 is 0 Å². The SMILES string of the molecule is Cc1ccc(-c2cccc(NC(=O)C3(C4CCC5=C(C4)OCO5)CC3)n2)cc1. The molecular formula is C23H24N2O3. The molecule has 2 aromatic rings. The van der Waals surface area contributed by atoms with Gasteiger partial charge in [0.1, 0.15) is 17.3 Å². The van der Waals surface area contributed by atoms with Crippen molar-refractivity contribution < 1.29 is 14.3 Å². The second-order valence-corrected chi connectivity index (χ2v) is 8.08. The number of aromatic nitrogens is 1. The van der Waals surface area contributed by atoms with E-state index in [2.05, 4.69) is 41.5 Å². The first kappa shape index (κ1) is 17.3. The van der Waals surface area contributed by atoms with Gasteiger partial charge in [-0.05, 0) is 44.2 Å². The number of hydrogen-bond acceptors (Lipinski definition) is 4. The van der Waals surface area contributed by atoms with Crippen molar-refractivity contribution in [3.63, 3.8) is 0 Å². The molecule has 5 rings (SSSR count). The summed E-state index contributed by atoms with van der Waals surface area (Å²) in [6.07, 6.45) is 4.53. The molecule has 0 saturated heterocycles. The number of amides is 1. The number of allylic oxidation sites excluding steroid dienone is 2. The lowest BCUT2D eigenvalue weighted by atomic mass is 9.78. The van der Waals surface area contributed by atoms with Crippen molar-refractivity contribution in [3.05, 3.63) is 59.5 Å². The highest BCUT2D eigenvalue weighted by Gasteiger charge is 2.56. The molecule has 1 unspecified atom stereocenters. The summed E-state index contributed by atoms with van der Waals surface area (Å²) in [5, 5.41) is 3.09. The number of benzene rings is 1. The normalized spacial score (nSPS) is 22.1. The van der Waals surface area contributed by atoms with Crippen molar-refractivity contribution in [2.75, 3.05) is 12.1 Å². The third-order valence-electron chi connectivity index (χ3n) is 6.29. The minimum Gasteiger partial charge on any atom is -0.458 e. The van der Waals surface area contributed by atoms with Crippen molar-refractivity contribution in [2.24, 2.45) is 11.3 Å². The van der Waals surface area contributed by atoms with Crippen LogP contribution < -0.4 is 5.32 Å². The summed E-state index contributed by atoms with van der Waals surface area (Å²) in [6, 6.07) is 14.0. The van der Waals surface area contributed by atoms with Crippen molar-refractivity contribution >= 4 is 11.7 Å². The Labute approximate surface area is 164 Å². The summed E-state index contributed by atoms with van der Waals surface area (Å²) in [5.41, 5.74) is 2.84. The van der Waals surface area contributed by atoms with E-state index >= 15 is 0 Å². The molecule has 1 aliphatic heterocycles. The lowest BCUT2D eigenvalue weighted by Gasteiger charge is -2.28. The van der Waals surface area contributed by atoms with Gasteiger partial charge in [-0.3, -0.25) is 4.79 Å². The topological polar surface area (TPSA) is 60.5 Å². The van der Waals surface area contributed by atoms with Gasteiger partial charge < -0.3 is 14.8 Å². The highest BCUT2D eigenvalue weighted by atomic mass is 16.7. The Bertz CT molecular complexity index is 945. The highest BCUT2D eigenvalue weighted by molar-refractivity contribution is 5.97. The average molecular weight is 376 g/mol. The van der Waals surface area contributed by atoms with Gasteiger partial charge in [-0.1, -0.05) is 35.9 Å². The van der Waals surface area contributed by atoms with Crippen LogP contribution in [0, 0.1) is 18.3 Å². The third-order valence-corrected chi connectivity index (χ3v) is 6.29. The van der Waals surface area contributed by atoms with Gasteiger partial charge in [-0.2, -0.15) is 0 Å². The fourth-order valence-corrected chi connectivity index (χ4v) is 4.41. The van der Waals surface area contributed by atoms with E-state index in [0.717, 1.165) is 54.9 Å². The molecule has 1 N–H and O–H groups in total. The Morgan fingerprint density at radius 1 is 1.11 bits per heavy atom. The number of ether oxygens (including phenoxy) is 2. The van der Waals surface area contributed by atoms with Crippen LogP contribution in [-0.4, -0.2) is 17.7 Å². The summed E-state index contributed by atoms with van der Waals surface area (Å²) in [5.74, 6) is 2.96. The number of hydrogen-bond donors (Lipinski definition) is 1. The molecule has 1 saturated carbocycles. The Morgan fingerprint density at radius 2 is 1.89 bits per heavy atom. The Hall–Kier alpha value is -2.82. The van der Waals surface area contributed by atoms with Gasteiger partial charge in [0.05, 0.1) is 11.1 Å². The molecule has 1 amide bonds. The molecular weight excluding hydrogens is 352 g/mol. The van der Waals surface area contributed by atoms with Crippen LogP contribution in [0.3, 0.4) is 0 Å². The maximum atomic E-state index is 13.1. The van der Waals surface area contributed by atoms with Gasteiger partial charge in [0.15, 0.2) is 0 Å². The standard InChI is InChI=1S/C23H24N2O3/c1-15-5-7-16(8-6-15)18-3-2-4-21(24-18)25-22(26)23(11-12-23)17-9-10-19-20(13-17)28-14-27-19/h2-8,17H,9-14H2,1H3,(H,24,25,26). The second-order valence-electron chi connectivity index (χ2n) is 8.08. The van der Waals surface area contributed by atoms with E-state index in [-0.39, 0.29) is 11.3 Å². The van der Waals surface area contributed by atoms with Crippen molar-refractivity contribution in [1.82, 2.24) is 4.98 Å². The fraction of sp³-hybridized carbons (Fsp3) is 0.391. The average Bonchev–Trinajstić information content (AvgIpc) is 3.40. The molecule has 28 heavy (non-hydrogen) atoms. The Balaban J connectivity index is 1.32. The Kier molecular flexibility index (Phi) is 4.11. The van der Waals surface area contributed by atoms with Crippen LogP contribution in [0.4, 0.5) is 5.82 Å². The largest absolute Gasteiger partial charge is 0.458 e. The molecule has 3 aliphatic rings. The van der Waals surface area contributed by atoms with Gasteiger partial charge in [0.25, 0.3) is 0 Å². The molecule has 1 fully saturated rings. The monoisotopic (exact) mass is 376 g/mol. The molecule has 0 radical (unpaired) electrons. The number of nitrogens with one attached hydrogen (secondary N) is 1. The van der Waals surface area contributed by atoms with Gasteiger partial charge in [-0.15, -0.1) is 0 Å². The van der Waals surface area contributed by atoms with Crippen LogP contribution in [-0.2, 0) is 14.3 Å². The molecule has 0 bridgehead atoms. The Morgan fingerprint density at radius 3 is 2.68 bits per heavy atom. The molecule has 2 heterocycles. The quantitative estimate of drug-likeness (QED) is 0.833. The first-order valence-electron chi connectivity index (χ1n) is 9.97. The second kappa shape index (κ2) is 6.66. The van der Waals surface area contributed by atoms with Gasteiger partial charge in [0.2, 0.25) is 12.7 Å². The van der Waals surface area contributed by atoms with E-state index in [1.54, 1.807) is 0 Å². The van der Waals surface area contributed by atoms with E-state index in [9.17, 15) is 4.79 Å². The van der Waals surface area contributed by atoms with Crippen LogP contribution in [0.1, 0.15) is 37.7 Å². The zero-order valence-electron chi connectivity index (χ0n) is 16.0. The van der Waals surface area contributed by atoms with Crippen LogP contribution >= 0.6 is 0 Å². The fourth-order valence-electron chi connectivity index (χ4n) is 4.41. The zero-order valence-corrected chi connectivity index (χ0v) is 16.0. The number of anilines is 1. The van der Waals surface area contributed by atoms with Crippen LogP contribution in [0.5, 0.6) is 0 Å². The summed E-state index contributed by atoms with van der Waals surface area (Å²) in [6.45, 7) is 2.39. The third kappa shape index (κ3) is 3.05. The summed E-state index contributed by atoms with van der Waals surface area (Å²) in [4.78, 5) is 17.8. The van der Waals surface area contributed by atoms with Gasteiger partial charge in [0, 0.05) is 18.4 Å². The number of carbonyl (C=O) groups excluding carboxylic acids is 1. The number of rotatable bonds is 4.